The lowest BCUT2D eigenvalue weighted by Crippen LogP contribution is -1.90. The van der Waals surface area contributed by atoms with Gasteiger partial charge in [0.15, 0.2) is 0 Å². The molecule has 0 radical (unpaired) electrons. The molecule has 2 aromatic carbocycles. The molecule has 1 heterocycles. The van der Waals surface area contributed by atoms with E-state index in [2.05, 4.69) is 66.8 Å². The highest BCUT2D eigenvalue weighted by Gasteiger charge is 2.06. The fourth-order valence-electron chi connectivity index (χ4n) is 2.38. The van der Waals surface area contributed by atoms with Gasteiger partial charge < -0.3 is 4.48 Å². The Morgan fingerprint density at radius 1 is 1.00 bits per heavy atom. The average Bonchev–Trinajstić information content (AvgIpc) is 2.65. The van der Waals surface area contributed by atoms with Crippen molar-refractivity contribution in [1.82, 2.24) is 4.48 Å². The van der Waals surface area contributed by atoms with E-state index in [0.29, 0.717) is 0 Å². The number of hydrogen-bond donors (Lipinski definition) is 0. The van der Waals surface area contributed by atoms with Gasteiger partial charge in [-0.25, -0.2) is 0 Å². The first kappa shape index (κ1) is 10.0. The average molecular weight is 217 g/mol. The summed E-state index contributed by atoms with van der Waals surface area (Å²) in [5.74, 6) is 6.05. The van der Waals surface area contributed by atoms with Gasteiger partial charge in [-0.05, 0) is 25.1 Å². The Labute approximate surface area is 101 Å². The predicted octanol–water partition coefficient (Wildman–Crippen LogP) is 2.56. The maximum atomic E-state index is 3.11. The summed E-state index contributed by atoms with van der Waals surface area (Å²) in [6.07, 6.45) is 0. The largest absolute Gasteiger partial charge is 0.393 e. The zero-order chi connectivity index (χ0) is 11.8. The van der Waals surface area contributed by atoms with E-state index in [4.69, 9.17) is 0 Å². The first-order valence-corrected chi connectivity index (χ1v) is 5.71. The minimum atomic E-state index is 1.07. The third-order valence-corrected chi connectivity index (χ3v) is 3.18. The van der Waals surface area contributed by atoms with Crippen molar-refractivity contribution in [1.29, 1.82) is 0 Å². The minimum Gasteiger partial charge on any atom is -0.393 e. The molecule has 80 valence electrons. The molecule has 0 saturated carbocycles. The topological polar surface area (TPSA) is 4.93 Å². The van der Waals surface area contributed by atoms with E-state index in [1.54, 1.807) is 0 Å². The first-order valence-electron chi connectivity index (χ1n) is 5.71. The number of nitrogens with zero attached hydrogens (tertiary/aromatic N) is 1. The van der Waals surface area contributed by atoms with Crippen LogP contribution in [0.5, 0.6) is 0 Å². The Morgan fingerprint density at radius 2 is 1.76 bits per heavy atom. The summed E-state index contributed by atoms with van der Waals surface area (Å²) in [7, 11) is 2.10. The van der Waals surface area contributed by atoms with Gasteiger partial charge in [0, 0.05) is 27.4 Å². The smallest absolute Gasteiger partial charge is 0.223 e. The SMILES string of the molecule is Bn1c2ccccc2c2ccc(C#CC)cc21. The second-order valence-electron chi connectivity index (χ2n) is 4.18. The molecule has 1 nitrogen and oxygen atoms in total. The van der Waals surface area contributed by atoms with Crippen LogP contribution in [0, 0.1) is 11.8 Å². The predicted molar refractivity (Wildman–Crippen MR) is 75.9 cm³/mol. The van der Waals surface area contributed by atoms with Crippen molar-refractivity contribution in [2.75, 3.05) is 0 Å². The third-order valence-electron chi connectivity index (χ3n) is 3.18. The van der Waals surface area contributed by atoms with Crippen LogP contribution < -0.4 is 0 Å². The summed E-state index contributed by atoms with van der Waals surface area (Å²) < 4.78 is 2.23. The van der Waals surface area contributed by atoms with Crippen LogP contribution in [-0.4, -0.2) is 12.5 Å². The summed E-state index contributed by atoms with van der Waals surface area (Å²) in [4.78, 5) is 0. The molecule has 3 aromatic rings. The zero-order valence-corrected chi connectivity index (χ0v) is 9.99. The van der Waals surface area contributed by atoms with Crippen LogP contribution in [0.2, 0.25) is 0 Å². The Balaban J connectivity index is 2.47. The molecule has 3 rings (SSSR count). The van der Waals surface area contributed by atoms with E-state index in [1.807, 2.05) is 6.92 Å². The molecule has 0 bridgehead atoms. The summed E-state index contributed by atoms with van der Waals surface area (Å²) in [5.41, 5.74) is 3.58. The molecule has 0 aliphatic heterocycles. The summed E-state index contributed by atoms with van der Waals surface area (Å²) in [6.45, 7) is 1.87. The van der Waals surface area contributed by atoms with Crippen molar-refractivity contribution in [3.8, 4) is 11.8 Å². The number of rotatable bonds is 0. The Kier molecular flexibility index (Phi) is 2.19. The Morgan fingerprint density at radius 3 is 2.59 bits per heavy atom. The van der Waals surface area contributed by atoms with Gasteiger partial charge in [0.1, 0.15) is 0 Å². The molecule has 17 heavy (non-hydrogen) atoms. The second kappa shape index (κ2) is 3.71. The van der Waals surface area contributed by atoms with Crippen LogP contribution in [0.25, 0.3) is 21.8 Å². The van der Waals surface area contributed by atoms with E-state index in [0.717, 1.165) is 5.56 Å². The van der Waals surface area contributed by atoms with Crippen LogP contribution in [0.15, 0.2) is 42.5 Å². The lowest BCUT2D eigenvalue weighted by Gasteiger charge is -1.98. The summed E-state index contributed by atoms with van der Waals surface area (Å²) in [5, 5.41) is 2.60. The molecule has 1 aromatic heterocycles. The van der Waals surface area contributed by atoms with Gasteiger partial charge in [-0.3, -0.25) is 0 Å². The molecule has 0 unspecified atom stereocenters. The van der Waals surface area contributed by atoms with Gasteiger partial charge in [0.25, 0.3) is 0 Å². The van der Waals surface area contributed by atoms with Crippen LogP contribution in [0.4, 0.5) is 0 Å². The molecule has 0 N–H and O–H groups in total. The molecule has 0 spiro atoms. The fraction of sp³-hybridized carbons (Fsp3) is 0.0667. The lowest BCUT2D eigenvalue weighted by molar-refractivity contribution is 1.39. The van der Waals surface area contributed by atoms with Crippen molar-refractivity contribution in [3.05, 3.63) is 48.0 Å². The van der Waals surface area contributed by atoms with Gasteiger partial charge in [-0.15, -0.1) is 5.92 Å². The molecule has 0 aliphatic carbocycles. The van der Waals surface area contributed by atoms with E-state index >= 15 is 0 Å². The van der Waals surface area contributed by atoms with Crippen molar-refractivity contribution in [2.45, 2.75) is 6.92 Å². The molecular weight excluding hydrogens is 205 g/mol. The van der Waals surface area contributed by atoms with E-state index in [9.17, 15) is 0 Å². The van der Waals surface area contributed by atoms with E-state index in [-0.39, 0.29) is 0 Å². The summed E-state index contributed by atoms with van der Waals surface area (Å²) in [6, 6.07) is 14.9. The number of hydrogen-bond acceptors (Lipinski definition) is 0. The van der Waals surface area contributed by atoms with Gasteiger partial charge in [-0.1, -0.05) is 30.2 Å². The fourth-order valence-corrected chi connectivity index (χ4v) is 2.38. The van der Waals surface area contributed by atoms with Crippen LogP contribution in [-0.2, 0) is 0 Å². The maximum Gasteiger partial charge on any atom is 0.223 e. The highest BCUT2D eigenvalue weighted by molar-refractivity contribution is 6.21. The molecule has 0 fully saturated rings. The van der Waals surface area contributed by atoms with Crippen LogP contribution in [0.3, 0.4) is 0 Å². The Bertz CT molecular complexity index is 772. The van der Waals surface area contributed by atoms with Crippen LogP contribution >= 0.6 is 0 Å². The number of para-hydroxylation sites is 1. The molecule has 0 amide bonds. The van der Waals surface area contributed by atoms with Crippen molar-refractivity contribution >= 4 is 29.8 Å². The van der Waals surface area contributed by atoms with E-state index < -0.39 is 0 Å². The van der Waals surface area contributed by atoms with E-state index in [1.165, 1.54) is 21.8 Å². The van der Waals surface area contributed by atoms with Gasteiger partial charge in [0.2, 0.25) is 7.98 Å². The summed E-state index contributed by atoms with van der Waals surface area (Å²) >= 11 is 0. The molecule has 0 atom stereocenters. The number of aromatic nitrogens is 1. The van der Waals surface area contributed by atoms with Gasteiger partial charge in [0.05, 0.1) is 0 Å². The molecule has 2 heteroatoms. The maximum absolute atomic E-state index is 3.11. The zero-order valence-electron chi connectivity index (χ0n) is 9.99. The number of benzene rings is 2. The van der Waals surface area contributed by atoms with Crippen molar-refractivity contribution < 1.29 is 0 Å². The lowest BCUT2D eigenvalue weighted by atomic mass is 10.1. The second-order valence-corrected chi connectivity index (χ2v) is 4.18. The quantitative estimate of drug-likeness (QED) is 0.403. The first-order chi connectivity index (χ1) is 8.31. The third kappa shape index (κ3) is 1.44. The van der Waals surface area contributed by atoms with Crippen molar-refractivity contribution in [2.24, 2.45) is 0 Å². The van der Waals surface area contributed by atoms with Crippen molar-refractivity contribution in [3.63, 3.8) is 0 Å². The monoisotopic (exact) mass is 217 g/mol. The normalized spacial score (nSPS) is 10.4. The van der Waals surface area contributed by atoms with Crippen LogP contribution in [0.1, 0.15) is 12.5 Å². The molecular formula is C15H12BN. The standard InChI is InChI=1S/C15H12BN/c1-2-5-11-8-9-13-12-6-3-4-7-14(12)17(16)15(13)10-11/h3-4,6-10H,16H2,1H3. The number of fused-ring (bicyclic) bond motifs is 3. The highest BCUT2D eigenvalue weighted by Crippen LogP contribution is 2.27. The van der Waals surface area contributed by atoms with Gasteiger partial charge in [-0.2, -0.15) is 0 Å². The minimum absolute atomic E-state index is 1.07. The Hall–Kier alpha value is -2.14. The molecule has 0 aliphatic rings. The van der Waals surface area contributed by atoms with Gasteiger partial charge >= 0.3 is 0 Å². The molecule has 0 saturated heterocycles. The highest BCUT2D eigenvalue weighted by atomic mass is 14.9.